The highest BCUT2D eigenvalue weighted by Gasteiger charge is 2.06. The second kappa shape index (κ2) is 4.60. The second-order valence-corrected chi connectivity index (χ2v) is 3.95. The van der Waals surface area contributed by atoms with Crippen molar-refractivity contribution in [1.82, 2.24) is 19.9 Å². The monoisotopic (exact) mass is 261 g/mol. The van der Waals surface area contributed by atoms with E-state index in [1.807, 2.05) is 0 Å². The molecule has 0 unspecified atom stereocenters. The Morgan fingerprint density at radius 1 is 1.05 bits per heavy atom. The van der Waals surface area contributed by atoms with Crippen LogP contribution >= 0.6 is 0 Å². The van der Waals surface area contributed by atoms with Crippen molar-refractivity contribution in [1.29, 1.82) is 0 Å². The number of fused-ring (bicyclic) bond motifs is 1. The average molecular weight is 261 g/mol. The Morgan fingerprint density at radius 3 is 2.63 bits per heavy atom. The van der Waals surface area contributed by atoms with Crippen LogP contribution in [-0.4, -0.2) is 19.9 Å². The third kappa shape index (κ3) is 2.35. The van der Waals surface area contributed by atoms with Crippen molar-refractivity contribution < 1.29 is 8.78 Å². The van der Waals surface area contributed by atoms with Crippen molar-refractivity contribution in [3.05, 3.63) is 48.1 Å². The number of anilines is 1. The fourth-order valence-corrected chi connectivity index (χ4v) is 1.79. The molecule has 2 N–H and O–H groups in total. The Balaban J connectivity index is 1.84. The summed E-state index contributed by atoms with van der Waals surface area (Å²) in [5, 5.41) is 2.98. The minimum atomic E-state index is -0.607. The molecule has 0 amide bonds. The molecule has 96 valence electrons. The van der Waals surface area contributed by atoms with Gasteiger partial charge in [-0.3, -0.25) is 0 Å². The van der Waals surface area contributed by atoms with Crippen LogP contribution < -0.4 is 5.32 Å². The Hall–Kier alpha value is -2.57. The number of aromatic amines is 1. The van der Waals surface area contributed by atoms with Gasteiger partial charge in [0, 0.05) is 12.6 Å². The molecule has 0 aliphatic carbocycles. The summed E-state index contributed by atoms with van der Waals surface area (Å²) >= 11 is 0. The fraction of sp³-hybridized carbons (Fsp3) is 0.0833. The molecule has 0 atom stereocenters. The zero-order valence-corrected chi connectivity index (χ0v) is 9.69. The number of hydrogen-bond donors (Lipinski definition) is 2. The molecule has 7 heteroatoms. The molecule has 0 saturated carbocycles. The number of H-pyrrole nitrogens is 1. The van der Waals surface area contributed by atoms with Gasteiger partial charge < -0.3 is 10.3 Å². The van der Waals surface area contributed by atoms with Gasteiger partial charge in [-0.1, -0.05) is 0 Å². The van der Waals surface area contributed by atoms with Gasteiger partial charge in [-0.2, -0.15) is 0 Å². The maximum atomic E-state index is 13.0. The molecule has 0 bridgehead atoms. The minimum absolute atomic E-state index is 0.244. The van der Waals surface area contributed by atoms with Crippen molar-refractivity contribution in [2.45, 2.75) is 6.54 Å². The zero-order chi connectivity index (χ0) is 13.2. The standard InChI is InChI=1S/C12H9F2N5/c13-8-1-7(2-9(14)3-8)4-15-11-10-12(17-5-16-10)19-6-18-11/h1-3,5-6H,4H2,(H2,15,16,17,18,19). The van der Waals surface area contributed by atoms with Crippen LogP contribution in [0.4, 0.5) is 14.6 Å². The van der Waals surface area contributed by atoms with Gasteiger partial charge in [0.2, 0.25) is 0 Å². The number of aromatic nitrogens is 4. The Bertz CT molecular complexity index is 705. The van der Waals surface area contributed by atoms with E-state index in [2.05, 4.69) is 25.3 Å². The summed E-state index contributed by atoms with van der Waals surface area (Å²) in [5.74, 6) is -0.704. The number of rotatable bonds is 3. The molecule has 0 fully saturated rings. The molecule has 0 aliphatic rings. The van der Waals surface area contributed by atoms with Crippen molar-refractivity contribution in [2.75, 3.05) is 5.32 Å². The Kier molecular flexibility index (Phi) is 2.79. The molecule has 0 spiro atoms. The van der Waals surface area contributed by atoms with E-state index in [0.29, 0.717) is 22.5 Å². The van der Waals surface area contributed by atoms with Crippen LogP contribution in [-0.2, 0) is 6.54 Å². The lowest BCUT2D eigenvalue weighted by Gasteiger charge is -2.06. The molecule has 5 nitrogen and oxygen atoms in total. The van der Waals surface area contributed by atoms with Crippen molar-refractivity contribution in [3.63, 3.8) is 0 Å². The second-order valence-electron chi connectivity index (χ2n) is 3.95. The number of nitrogens with zero attached hydrogens (tertiary/aromatic N) is 3. The number of hydrogen-bond acceptors (Lipinski definition) is 4. The SMILES string of the molecule is Fc1cc(F)cc(CNc2ncnc3[nH]cnc23)c1. The Morgan fingerprint density at radius 2 is 1.84 bits per heavy atom. The third-order valence-electron chi connectivity index (χ3n) is 2.60. The van der Waals surface area contributed by atoms with Crippen LogP contribution in [0.25, 0.3) is 11.2 Å². The predicted octanol–water partition coefficient (Wildman–Crippen LogP) is 2.24. The summed E-state index contributed by atoms with van der Waals surface area (Å²) in [7, 11) is 0. The first-order chi connectivity index (χ1) is 9.22. The lowest BCUT2D eigenvalue weighted by Crippen LogP contribution is -2.03. The molecule has 3 rings (SSSR count). The van der Waals surface area contributed by atoms with Crippen LogP contribution in [0.3, 0.4) is 0 Å². The first kappa shape index (κ1) is 11.5. The molecule has 0 aliphatic heterocycles. The van der Waals surface area contributed by atoms with Crippen LogP contribution in [0.1, 0.15) is 5.56 Å². The fourth-order valence-electron chi connectivity index (χ4n) is 1.79. The van der Waals surface area contributed by atoms with Crippen LogP contribution in [0.5, 0.6) is 0 Å². The smallest absolute Gasteiger partial charge is 0.162 e. The van der Waals surface area contributed by atoms with E-state index < -0.39 is 11.6 Å². The van der Waals surface area contributed by atoms with Gasteiger partial charge in [0.1, 0.15) is 23.5 Å². The molecule has 2 aromatic heterocycles. The van der Waals surface area contributed by atoms with Crippen molar-refractivity contribution >= 4 is 17.0 Å². The van der Waals surface area contributed by atoms with Gasteiger partial charge in [0.15, 0.2) is 11.5 Å². The van der Waals surface area contributed by atoms with E-state index in [9.17, 15) is 8.78 Å². The highest BCUT2D eigenvalue weighted by molar-refractivity contribution is 5.81. The van der Waals surface area contributed by atoms with E-state index >= 15 is 0 Å². The van der Waals surface area contributed by atoms with E-state index in [4.69, 9.17) is 0 Å². The lowest BCUT2D eigenvalue weighted by molar-refractivity contribution is 0.580. The van der Waals surface area contributed by atoms with Gasteiger partial charge in [-0.15, -0.1) is 0 Å². The summed E-state index contributed by atoms with van der Waals surface area (Å²) in [6.45, 7) is 0.244. The number of halogens is 2. The summed E-state index contributed by atoms with van der Waals surface area (Å²) in [5.41, 5.74) is 1.67. The van der Waals surface area contributed by atoms with Crippen LogP contribution in [0.15, 0.2) is 30.9 Å². The molecule has 19 heavy (non-hydrogen) atoms. The van der Waals surface area contributed by atoms with Gasteiger partial charge in [-0.25, -0.2) is 23.7 Å². The summed E-state index contributed by atoms with van der Waals surface area (Å²) < 4.78 is 26.1. The van der Waals surface area contributed by atoms with Crippen LogP contribution in [0.2, 0.25) is 0 Å². The minimum Gasteiger partial charge on any atom is -0.364 e. The lowest BCUT2D eigenvalue weighted by atomic mass is 10.2. The molecule has 3 aromatic rings. The number of imidazole rings is 1. The summed E-state index contributed by atoms with van der Waals surface area (Å²) in [4.78, 5) is 15.0. The van der Waals surface area contributed by atoms with Gasteiger partial charge >= 0.3 is 0 Å². The highest BCUT2D eigenvalue weighted by atomic mass is 19.1. The van der Waals surface area contributed by atoms with E-state index in [1.54, 1.807) is 0 Å². The van der Waals surface area contributed by atoms with Crippen LogP contribution in [0, 0.1) is 11.6 Å². The molecule has 1 aromatic carbocycles. The largest absolute Gasteiger partial charge is 0.364 e. The quantitative estimate of drug-likeness (QED) is 0.758. The number of benzene rings is 1. The zero-order valence-electron chi connectivity index (χ0n) is 9.69. The highest BCUT2D eigenvalue weighted by Crippen LogP contribution is 2.16. The summed E-state index contributed by atoms with van der Waals surface area (Å²) in [6.07, 6.45) is 2.89. The molecular formula is C12H9F2N5. The first-order valence-electron chi connectivity index (χ1n) is 5.55. The molecule has 2 heterocycles. The topological polar surface area (TPSA) is 66.5 Å². The average Bonchev–Trinajstić information content (AvgIpc) is 2.83. The third-order valence-corrected chi connectivity index (χ3v) is 2.60. The Labute approximate surface area is 106 Å². The van der Waals surface area contributed by atoms with Gasteiger partial charge in [0.25, 0.3) is 0 Å². The predicted molar refractivity (Wildman–Crippen MR) is 65.4 cm³/mol. The molecular weight excluding hydrogens is 252 g/mol. The van der Waals surface area contributed by atoms with Crippen molar-refractivity contribution in [3.8, 4) is 0 Å². The van der Waals surface area contributed by atoms with Crippen molar-refractivity contribution in [2.24, 2.45) is 0 Å². The maximum Gasteiger partial charge on any atom is 0.162 e. The number of nitrogens with one attached hydrogen (secondary N) is 2. The van der Waals surface area contributed by atoms with E-state index in [-0.39, 0.29) is 6.54 Å². The first-order valence-corrected chi connectivity index (χ1v) is 5.55. The maximum absolute atomic E-state index is 13.0. The van der Waals surface area contributed by atoms with E-state index in [0.717, 1.165) is 6.07 Å². The van der Waals surface area contributed by atoms with Gasteiger partial charge in [-0.05, 0) is 17.7 Å². The van der Waals surface area contributed by atoms with Gasteiger partial charge in [0.05, 0.1) is 6.33 Å². The molecule has 0 saturated heterocycles. The normalized spacial score (nSPS) is 10.8. The summed E-state index contributed by atoms with van der Waals surface area (Å²) in [6, 6.07) is 3.36. The molecule has 0 radical (unpaired) electrons. The van der Waals surface area contributed by atoms with E-state index in [1.165, 1.54) is 24.8 Å².